The largest absolute Gasteiger partial charge is 0.463 e. The Morgan fingerprint density at radius 1 is 1.09 bits per heavy atom. The summed E-state index contributed by atoms with van der Waals surface area (Å²) >= 11 is 0. The number of carbonyl (C=O) groups is 3. The van der Waals surface area contributed by atoms with Crippen molar-refractivity contribution < 1.29 is 23.9 Å². The second kappa shape index (κ2) is 9.47. The van der Waals surface area contributed by atoms with Gasteiger partial charge in [-0.05, 0) is 18.9 Å². The lowest BCUT2D eigenvalue weighted by atomic mass is 9.95. The van der Waals surface area contributed by atoms with Gasteiger partial charge in [0.05, 0.1) is 35.2 Å². The molecule has 1 aliphatic rings. The van der Waals surface area contributed by atoms with E-state index in [1.54, 1.807) is 31.2 Å². The third-order valence-electron chi connectivity index (χ3n) is 5.09. The molecule has 2 amide bonds. The highest BCUT2D eigenvalue weighted by atomic mass is 16.5. The monoisotopic (exact) mass is 450 g/mol. The number of carbonyl (C=O) groups excluding carboxylic acids is 3. The van der Waals surface area contributed by atoms with Gasteiger partial charge in [-0.25, -0.2) is 23.9 Å². The highest BCUT2D eigenvalue weighted by Gasteiger charge is 2.34. The fourth-order valence-corrected chi connectivity index (χ4v) is 3.63. The van der Waals surface area contributed by atoms with Gasteiger partial charge in [0, 0.05) is 6.20 Å². The molecule has 0 bridgehead atoms. The average Bonchev–Trinajstić information content (AvgIpc) is 3.31. The molecule has 1 atom stereocenters. The lowest BCUT2D eigenvalue weighted by molar-refractivity contribution is -0.139. The number of esters is 2. The normalized spacial score (nSPS) is 15.7. The summed E-state index contributed by atoms with van der Waals surface area (Å²) in [4.78, 5) is 46.1. The summed E-state index contributed by atoms with van der Waals surface area (Å²) in [5.74, 6) is -0.923. The first-order valence-corrected chi connectivity index (χ1v) is 10.4. The molecular formula is C22H22N6O5. The van der Waals surface area contributed by atoms with E-state index in [0.717, 1.165) is 0 Å². The highest BCUT2D eigenvalue weighted by molar-refractivity contribution is 5.95. The fourth-order valence-electron chi connectivity index (χ4n) is 3.63. The number of rotatable bonds is 7. The third kappa shape index (κ3) is 4.38. The van der Waals surface area contributed by atoms with Crippen molar-refractivity contribution in [3.05, 3.63) is 70.9 Å². The molecule has 1 aromatic carbocycles. The number of urea groups is 1. The van der Waals surface area contributed by atoms with Crippen molar-refractivity contribution in [1.29, 1.82) is 0 Å². The zero-order valence-corrected chi connectivity index (χ0v) is 18.1. The van der Waals surface area contributed by atoms with E-state index in [1.807, 2.05) is 13.0 Å². The maximum absolute atomic E-state index is 12.9. The van der Waals surface area contributed by atoms with Crippen LogP contribution in [0.5, 0.6) is 0 Å². The van der Waals surface area contributed by atoms with Crippen molar-refractivity contribution in [2.24, 2.45) is 0 Å². The summed E-state index contributed by atoms with van der Waals surface area (Å²) in [6, 6.07) is 7.71. The van der Waals surface area contributed by atoms with Crippen molar-refractivity contribution in [1.82, 2.24) is 30.2 Å². The summed E-state index contributed by atoms with van der Waals surface area (Å²) in [6.45, 7) is 3.35. The van der Waals surface area contributed by atoms with Crippen molar-refractivity contribution in [3.63, 3.8) is 0 Å². The minimum absolute atomic E-state index is 0.146. The molecule has 0 spiro atoms. The maximum atomic E-state index is 12.9. The Morgan fingerprint density at radius 2 is 1.88 bits per heavy atom. The number of fused-ring (bicyclic) bond motifs is 1. The van der Waals surface area contributed by atoms with E-state index in [9.17, 15) is 14.4 Å². The van der Waals surface area contributed by atoms with Gasteiger partial charge in [-0.2, -0.15) is 10.1 Å². The van der Waals surface area contributed by atoms with E-state index < -0.39 is 24.0 Å². The van der Waals surface area contributed by atoms with Crippen LogP contribution in [0.3, 0.4) is 0 Å². The number of ether oxygens (including phenoxy) is 2. The standard InChI is InChI=1S/C22H22N6O5/c1-3-16-14(10-23-21-24-12-25-28(16)21)19(29)33-11-15-17(20(30)32-4-2)18(27-22(31)26-15)13-8-6-5-7-9-13/h5-10,12,18H,3-4,11H2,1-2H3,(H2,26,27,31). The molecule has 33 heavy (non-hydrogen) atoms. The molecule has 0 fully saturated rings. The van der Waals surface area contributed by atoms with Gasteiger partial charge in [-0.1, -0.05) is 37.3 Å². The molecule has 2 aromatic heterocycles. The zero-order chi connectivity index (χ0) is 23.4. The molecule has 11 nitrogen and oxygen atoms in total. The van der Waals surface area contributed by atoms with E-state index in [2.05, 4.69) is 25.7 Å². The third-order valence-corrected chi connectivity index (χ3v) is 5.09. The molecule has 0 radical (unpaired) electrons. The van der Waals surface area contributed by atoms with Crippen molar-refractivity contribution in [2.75, 3.05) is 13.2 Å². The Balaban J connectivity index is 1.66. The van der Waals surface area contributed by atoms with Crippen molar-refractivity contribution in [2.45, 2.75) is 26.3 Å². The first-order valence-electron chi connectivity index (χ1n) is 10.4. The van der Waals surface area contributed by atoms with Crippen molar-refractivity contribution in [3.8, 4) is 0 Å². The number of aryl methyl sites for hydroxylation is 1. The number of amides is 2. The number of hydrogen-bond acceptors (Lipinski definition) is 8. The summed E-state index contributed by atoms with van der Waals surface area (Å²) in [5, 5.41) is 9.39. The van der Waals surface area contributed by atoms with Gasteiger partial charge < -0.3 is 20.1 Å². The molecule has 0 saturated heterocycles. The minimum atomic E-state index is -0.757. The van der Waals surface area contributed by atoms with Crippen LogP contribution in [0, 0.1) is 0 Å². The second-order valence-electron chi connectivity index (χ2n) is 7.07. The summed E-state index contributed by atoms with van der Waals surface area (Å²) < 4.78 is 12.2. The van der Waals surface area contributed by atoms with Crippen LogP contribution >= 0.6 is 0 Å². The molecule has 0 aliphatic carbocycles. The second-order valence-corrected chi connectivity index (χ2v) is 7.07. The van der Waals surface area contributed by atoms with Crippen molar-refractivity contribution >= 4 is 23.7 Å². The number of aromatic nitrogens is 4. The molecule has 2 N–H and O–H groups in total. The SMILES string of the molecule is CCOC(=O)C1=C(COC(=O)c2cnc3ncnn3c2CC)NC(=O)NC1c1ccccc1. The molecule has 11 heteroatoms. The van der Waals surface area contributed by atoms with Crippen LogP contribution in [0.4, 0.5) is 4.79 Å². The van der Waals surface area contributed by atoms with Crippen LogP contribution in [0.1, 0.15) is 41.5 Å². The van der Waals surface area contributed by atoms with Gasteiger partial charge in [0.15, 0.2) is 0 Å². The lowest BCUT2D eigenvalue weighted by Gasteiger charge is -2.29. The Kier molecular flexibility index (Phi) is 6.29. The first kappa shape index (κ1) is 21.9. The zero-order valence-electron chi connectivity index (χ0n) is 18.1. The Bertz CT molecular complexity index is 1240. The quantitative estimate of drug-likeness (QED) is 0.519. The van der Waals surface area contributed by atoms with Crippen LogP contribution in [-0.4, -0.2) is 50.8 Å². The predicted octanol–water partition coefficient (Wildman–Crippen LogP) is 1.71. The van der Waals surface area contributed by atoms with Gasteiger partial charge in [0.2, 0.25) is 0 Å². The number of nitrogens with zero attached hydrogens (tertiary/aromatic N) is 4. The van der Waals surface area contributed by atoms with E-state index in [-0.39, 0.29) is 30.0 Å². The predicted molar refractivity (Wildman–Crippen MR) is 115 cm³/mol. The highest BCUT2D eigenvalue weighted by Crippen LogP contribution is 2.28. The van der Waals surface area contributed by atoms with Gasteiger partial charge >= 0.3 is 18.0 Å². The first-order chi connectivity index (χ1) is 16.0. The van der Waals surface area contributed by atoms with E-state index >= 15 is 0 Å². The van der Waals surface area contributed by atoms with Crippen LogP contribution in [0.2, 0.25) is 0 Å². The summed E-state index contributed by atoms with van der Waals surface area (Å²) in [5.41, 5.74) is 1.80. The summed E-state index contributed by atoms with van der Waals surface area (Å²) in [6.07, 6.45) is 3.21. The van der Waals surface area contributed by atoms with Crippen LogP contribution in [-0.2, 0) is 20.7 Å². The van der Waals surface area contributed by atoms with E-state index in [4.69, 9.17) is 9.47 Å². The van der Waals surface area contributed by atoms with Crippen LogP contribution in [0.25, 0.3) is 5.78 Å². The Hall–Kier alpha value is -4.28. The summed E-state index contributed by atoms with van der Waals surface area (Å²) in [7, 11) is 0. The molecule has 4 rings (SSSR count). The number of nitrogens with one attached hydrogen (secondary N) is 2. The van der Waals surface area contributed by atoms with Crippen LogP contribution in [0.15, 0.2) is 54.1 Å². The fraction of sp³-hybridized carbons (Fsp3) is 0.273. The number of hydrogen-bond donors (Lipinski definition) is 2. The molecule has 1 aliphatic heterocycles. The molecule has 0 saturated carbocycles. The topological polar surface area (TPSA) is 137 Å². The average molecular weight is 450 g/mol. The van der Waals surface area contributed by atoms with E-state index in [1.165, 1.54) is 17.0 Å². The molecule has 3 aromatic rings. The molecule has 3 heterocycles. The smallest absolute Gasteiger partial charge is 0.341 e. The van der Waals surface area contributed by atoms with Gasteiger partial charge in [0.1, 0.15) is 12.9 Å². The molecule has 1 unspecified atom stereocenters. The van der Waals surface area contributed by atoms with Gasteiger partial charge in [-0.15, -0.1) is 0 Å². The Labute approximate surface area is 188 Å². The van der Waals surface area contributed by atoms with E-state index in [0.29, 0.717) is 23.5 Å². The number of benzene rings is 1. The van der Waals surface area contributed by atoms with Gasteiger partial charge in [0.25, 0.3) is 5.78 Å². The minimum Gasteiger partial charge on any atom is -0.463 e. The molecular weight excluding hydrogens is 428 g/mol. The van der Waals surface area contributed by atoms with Gasteiger partial charge in [-0.3, -0.25) is 0 Å². The Morgan fingerprint density at radius 3 is 2.61 bits per heavy atom. The van der Waals surface area contributed by atoms with Crippen LogP contribution < -0.4 is 10.6 Å². The lowest BCUT2D eigenvalue weighted by Crippen LogP contribution is -2.47. The molecule has 170 valence electrons. The maximum Gasteiger partial charge on any atom is 0.341 e.